The molecule has 0 N–H and O–H groups in total. The molecule has 0 aliphatic carbocycles. The van der Waals surface area contributed by atoms with E-state index in [0.717, 1.165) is 28.1 Å². The van der Waals surface area contributed by atoms with Gasteiger partial charge in [0.2, 0.25) is 0 Å². The molecular formula is C16H18N4. The van der Waals surface area contributed by atoms with Gasteiger partial charge >= 0.3 is 0 Å². The summed E-state index contributed by atoms with van der Waals surface area (Å²) in [4.78, 5) is 9.51. The lowest BCUT2D eigenvalue weighted by atomic mass is 9.95. The molecule has 0 bridgehead atoms. The van der Waals surface area contributed by atoms with Gasteiger partial charge in [0, 0.05) is 24.0 Å². The van der Waals surface area contributed by atoms with E-state index < -0.39 is 0 Å². The fourth-order valence-electron chi connectivity index (χ4n) is 2.21. The van der Waals surface area contributed by atoms with Gasteiger partial charge in [-0.1, -0.05) is 39.0 Å². The molecule has 1 aromatic carbocycles. The molecule has 0 aliphatic rings. The SMILES string of the molecule is Cn1nccc1-c1nc(C(C)(C)C)nc2ccccc12. The van der Waals surface area contributed by atoms with Crippen molar-refractivity contribution in [3.63, 3.8) is 0 Å². The van der Waals surface area contributed by atoms with Crippen molar-refractivity contribution in [2.24, 2.45) is 7.05 Å². The van der Waals surface area contributed by atoms with Gasteiger partial charge in [-0.15, -0.1) is 0 Å². The van der Waals surface area contributed by atoms with E-state index in [0.29, 0.717) is 0 Å². The molecule has 0 atom stereocenters. The second kappa shape index (κ2) is 4.40. The van der Waals surface area contributed by atoms with Gasteiger partial charge in [0.1, 0.15) is 5.82 Å². The highest BCUT2D eigenvalue weighted by molar-refractivity contribution is 5.91. The summed E-state index contributed by atoms with van der Waals surface area (Å²) in [6, 6.07) is 10.1. The van der Waals surface area contributed by atoms with E-state index >= 15 is 0 Å². The number of aryl methyl sites for hydroxylation is 1. The lowest BCUT2D eigenvalue weighted by molar-refractivity contribution is 0.548. The zero-order valence-corrected chi connectivity index (χ0v) is 12.3. The van der Waals surface area contributed by atoms with Crippen LogP contribution in [0.2, 0.25) is 0 Å². The third kappa shape index (κ3) is 2.07. The van der Waals surface area contributed by atoms with E-state index in [1.54, 1.807) is 6.20 Å². The van der Waals surface area contributed by atoms with Gasteiger partial charge in [-0.25, -0.2) is 9.97 Å². The molecule has 0 saturated heterocycles. The van der Waals surface area contributed by atoms with Gasteiger partial charge in [0.25, 0.3) is 0 Å². The molecule has 20 heavy (non-hydrogen) atoms. The smallest absolute Gasteiger partial charge is 0.135 e. The average molecular weight is 266 g/mol. The van der Waals surface area contributed by atoms with Crippen LogP contribution in [-0.2, 0) is 12.5 Å². The molecule has 0 unspecified atom stereocenters. The van der Waals surface area contributed by atoms with Crippen molar-refractivity contribution in [3.8, 4) is 11.4 Å². The van der Waals surface area contributed by atoms with Crippen LogP contribution in [0.1, 0.15) is 26.6 Å². The Morgan fingerprint density at radius 2 is 1.75 bits per heavy atom. The fraction of sp³-hybridized carbons (Fsp3) is 0.312. The van der Waals surface area contributed by atoms with Crippen molar-refractivity contribution >= 4 is 10.9 Å². The Kier molecular flexibility index (Phi) is 2.82. The highest BCUT2D eigenvalue weighted by Gasteiger charge is 2.21. The number of rotatable bonds is 1. The third-order valence-electron chi connectivity index (χ3n) is 3.34. The standard InChI is InChI=1S/C16H18N4/c1-16(2,3)15-18-12-8-6-5-7-11(12)14(19-15)13-9-10-17-20(13)4/h5-10H,1-4H3. The van der Waals surface area contributed by atoms with Crippen LogP contribution >= 0.6 is 0 Å². The van der Waals surface area contributed by atoms with E-state index in [-0.39, 0.29) is 5.41 Å². The molecule has 2 heterocycles. The number of hydrogen-bond acceptors (Lipinski definition) is 3. The molecule has 102 valence electrons. The maximum absolute atomic E-state index is 4.80. The average Bonchev–Trinajstić information content (AvgIpc) is 2.82. The molecule has 0 spiro atoms. The Labute approximate surface area is 118 Å². The normalized spacial score (nSPS) is 12.0. The summed E-state index contributed by atoms with van der Waals surface area (Å²) in [6.45, 7) is 6.39. The zero-order valence-electron chi connectivity index (χ0n) is 12.3. The number of nitrogens with zero attached hydrogens (tertiary/aromatic N) is 4. The summed E-state index contributed by atoms with van der Waals surface area (Å²) in [5.74, 6) is 0.854. The molecule has 4 nitrogen and oxygen atoms in total. The van der Waals surface area contributed by atoms with Crippen LogP contribution < -0.4 is 0 Å². The number of benzene rings is 1. The Morgan fingerprint density at radius 3 is 2.40 bits per heavy atom. The maximum atomic E-state index is 4.80. The minimum atomic E-state index is -0.0859. The van der Waals surface area contributed by atoms with Crippen molar-refractivity contribution in [3.05, 3.63) is 42.4 Å². The molecule has 0 saturated carbocycles. The highest BCUT2D eigenvalue weighted by atomic mass is 15.3. The monoisotopic (exact) mass is 266 g/mol. The molecule has 4 heteroatoms. The van der Waals surface area contributed by atoms with Crippen molar-refractivity contribution in [1.82, 2.24) is 19.7 Å². The van der Waals surface area contributed by atoms with Crippen molar-refractivity contribution in [2.45, 2.75) is 26.2 Å². The van der Waals surface area contributed by atoms with E-state index in [2.05, 4.69) is 31.9 Å². The first-order chi connectivity index (χ1) is 9.47. The summed E-state index contributed by atoms with van der Waals surface area (Å²) in [5.41, 5.74) is 2.84. The van der Waals surface area contributed by atoms with Crippen molar-refractivity contribution < 1.29 is 0 Å². The Balaban J connectivity index is 2.37. The topological polar surface area (TPSA) is 43.6 Å². The summed E-state index contributed by atoms with van der Waals surface area (Å²) < 4.78 is 1.85. The van der Waals surface area contributed by atoms with Crippen LogP contribution in [0.25, 0.3) is 22.3 Å². The first kappa shape index (κ1) is 12.8. The van der Waals surface area contributed by atoms with E-state index in [9.17, 15) is 0 Å². The largest absolute Gasteiger partial charge is 0.266 e. The number of para-hydroxylation sites is 1. The number of fused-ring (bicyclic) bond motifs is 1. The minimum absolute atomic E-state index is 0.0859. The lowest BCUT2D eigenvalue weighted by Crippen LogP contribution is -2.17. The predicted octanol–water partition coefficient (Wildman–Crippen LogP) is 3.33. The van der Waals surface area contributed by atoms with Gasteiger partial charge in [-0.3, -0.25) is 4.68 Å². The van der Waals surface area contributed by atoms with Gasteiger partial charge in [-0.05, 0) is 12.1 Å². The summed E-state index contributed by atoms with van der Waals surface area (Å²) >= 11 is 0. The van der Waals surface area contributed by atoms with E-state index in [1.165, 1.54) is 0 Å². The van der Waals surface area contributed by atoms with Gasteiger partial charge in [0.05, 0.1) is 16.9 Å². The van der Waals surface area contributed by atoms with Crippen LogP contribution in [0.4, 0.5) is 0 Å². The molecular weight excluding hydrogens is 248 g/mol. The predicted molar refractivity (Wildman–Crippen MR) is 80.4 cm³/mol. The lowest BCUT2D eigenvalue weighted by Gasteiger charge is -2.18. The van der Waals surface area contributed by atoms with E-state index in [4.69, 9.17) is 9.97 Å². The molecule has 2 aromatic heterocycles. The zero-order chi connectivity index (χ0) is 14.3. The van der Waals surface area contributed by atoms with Crippen molar-refractivity contribution in [2.75, 3.05) is 0 Å². The minimum Gasteiger partial charge on any atom is -0.266 e. The number of hydrogen-bond donors (Lipinski definition) is 0. The third-order valence-corrected chi connectivity index (χ3v) is 3.34. The maximum Gasteiger partial charge on any atom is 0.135 e. The molecule has 3 aromatic rings. The van der Waals surface area contributed by atoms with E-state index in [1.807, 2.05) is 36.0 Å². The van der Waals surface area contributed by atoms with Crippen LogP contribution in [0.15, 0.2) is 36.5 Å². The van der Waals surface area contributed by atoms with Gasteiger partial charge < -0.3 is 0 Å². The van der Waals surface area contributed by atoms with Crippen LogP contribution in [0.5, 0.6) is 0 Å². The summed E-state index contributed by atoms with van der Waals surface area (Å²) in [7, 11) is 1.93. The van der Waals surface area contributed by atoms with Gasteiger partial charge in [0.15, 0.2) is 0 Å². The molecule has 0 amide bonds. The highest BCUT2D eigenvalue weighted by Crippen LogP contribution is 2.28. The Morgan fingerprint density at radius 1 is 1.00 bits per heavy atom. The first-order valence-electron chi connectivity index (χ1n) is 6.72. The number of aromatic nitrogens is 4. The van der Waals surface area contributed by atoms with Crippen LogP contribution in [0, 0.1) is 0 Å². The molecule has 3 rings (SSSR count). The van der Waals surface area contributed by atoms with Crippen LogP contribution in [0.3, 0.4) is 0 Å². The first-order valence-corrected chi connectivity index (χ1v) is 6.72. The quantitative estimate of drug-likeness (QED) is 0.678. The Hall–Kier alpha value is -2.23. The van der Waals surface area contributed by atoms with Gasteiger partial charge in [-0.2, -0.15) is 5.10 Å². The molecule has 0 fully saturated rings. The summed E-state index contributed by atoms with van der Waals surface area (Å²) in [5, 5.41) is 5.31. The van der Waals surface area contributed by atoms with Crippen molar-refractivity contribution in [1.29, 1.82) is 0 Å². The Bertz CT molecular complexity index is 765. The summed E-state index contributed by atoms with van der Waals surface area (Å²) in [6.07, 6.45) is 1.79. The molecule has 0 aliphatic heterocycles. The molecule has 0 radical (unpaired) electrons. The second-order valence-electron chi connectivity index (χ2n) is 6.00. The second-order valence-corrected chi connectivity index (χ2v) is 6.00. The fourth-order valence-corrected chi connectivity index (χ4v) is 2.21. The van der Waals surface area contributed by atoms with Crippen LogP contribution in [-0.4, -0.2) is 19.7 Å².